The molecule has 24 heavy (non-hydrogen) atoms. The van der Waals surface area contributed by atoms with Crippen molar-refractivity contribution in [2.24, 2.45) is 7.05 Å². The summed E-state index contributed by atoms with van der Waals surface area (Å²) in [5, 5.41) is 10.5. The number of carbonyl (C=O) groups excluding carboxylic acids is 1. The van der Waals surface area contributed by atoms with Gasteiger partial charge in [-0.3, -0.25) is 4.79 Å². The maximum Gasteiger partial charge on any atom is 0.259 e. The van der Waals surface area contributed by atoms with E-state index in [1.54, 1.807) is 25.8 Å². The lowest BCUT2D eigenvalue weighted by Gasteiger charge is -2.31. The normalized spacial score (nSPS) is 16.5. The zero-order chi connectivity index (χ0) is 17.5. The van der Waals surface area contributed by atoms with Crippen LogP contribution in [0.5, 0.6) is 0 Å². The molecular weight excluding hydrogens is 334 g/mol. The van der Waals surface area contributed by atoms with E-state index in [0.29, 0.717) is 42.9 Å². The average Bonchev–Trinajstić information content (AvgIpc) is 3.13. The molecule has 0 bridgehead atoms. The molecule has 0 atom stereocenters. The average molecular weight is 353 g/mol. The van der Waals surface area contributed by atoms with Gasteiger partial charge in [0, 0.05) is 20.1 Å². The fourth-order valence-corrected chi connectivity index (χ4v) is 4.73. The molecule has 2 aromatic rings. The van der Waals surface area contributed by atoms with Crippen LogP contribution < -0.4 is 0 Å². The number of aryl methyl sites for hydroxylation is 3. The number of rotatable bonds is 3. The van der Waals surface area contributed by atoms with Crippen molar-refractivity contribution in [2.75, 3.05) is 13.1 Å². The highest BCUT2D eigenvalue weighted by molar-refractivity contribution is 7.91. The van der Waals surface area contributed by atoms with E-state index < -0.39 is 15.1 Å². The first-order chi connectivity index (χ1) is 11.3. The van der Waals surface area contributed by atoms with Crippen molar-refractivity contribution >= 4 is 15.7 Å². The van der Waals surface area contributed by atoms with Crippen LogP contribution in [0.3, 0.4) is 0 Å². The summed E-state index contributed by atoms with van der Waals surface area (Å²) in [4.78, 5) is 14.2. The van der Waals surface area contributed by atoms with Crippen molar-refractivity contribution in [3.05, 3.63) is 23.3 Å². The lowest BCUT2D eigenvalue weighted by Crippen LogP contribution is -2.43. The molecule has 1 saturated heterocycles. The van der Waals surface area contributed by atoms with Crippen molar-refractivity contribution < 1.29 is 17.7 Å². The molecule has 3 heterocycles. The molecule has 0 unspecified atom stereocenters. The van der Waals surface area contributed by atoms with E-state index in [-0.39, 0.29) is 11.1 Å². The van der Waals surface area contributed by atoms with Crippen LogP contribution in [0.1, 0.15) is 34.7 Å². The molecular formula is C14H19N5O4S. The summed E-state index contributed by atoms with van der Waals surface area (Å²) in [5.41, 5.74) is 1.01. The Labute approximate surface area is 139 Å². The van der Waals surface area contributed by atoms with E-state index in [0.717, 1.165) is 0 Å². The van der Waals surface area contributed by atoms with Gasteiger partial charge in [0.15, 0.2) is 0 Å². The number of amides is 1. The highest BCUT2D eigenvalue weighted by Gasteiger charge is 2.36. The number of aromatic nitrogens is 4. The van der Waals surface area contributed by atoms with E-state index in [1.807, 2.05) is 0 Å². The smallest absolute Gasteiger partial charge is 0.259 e. The third-order valence-corrected chi connectivity index (χ3v) is 6.57. The molecule has 0 aliphatic carbocycles. The fraction of sp³-hybridized carbons (Fsp3) is 0.571. The quantitative estimate of drug-likeness (QED) is 0.790. The predicted octanol–water partition coefficient (Wildman–Crippen LogP) is 0.498. The van der Waals surface area contributed by atoms with Gasteiger partial charge in [-0.25, -0.2) is 8.42 Å². The summed E-state index contributed by atoms with van der Waals surface area (Å²) in [6.07, 6.45) is 2.09. The third-order valence-electron chi connectivity index (χ3n) is 4.34. The van der Waals surface area contributed by atoms with Crippen LogP contribution >= 0.6 is 0 Å². The lowest BCUT2D eigenvalue weighted by molar-refractivity contribution is 0.0723. The molecule has 1 fully saturated rings. The van der Waals surface area contributed by atoms with Crippen molar-refractivity contribution in [3.63, 3.8) is 0 Å². The number of nitrogens with zero attached hydrogens (tertiary/aromatic N) is 5. The van der Waals surface area contributed by atoms with Gasteiger partial charge in [0.2, 0.25) is 15.0 Å². The molecule has 1 aliphatic rings. The largest absolute Gasteiger partial charge is 0.361 e. The van der Waals surface area contributed by atoms with Crippen molar-refractivity contribution in [3.8, 4) is 0 Å². The Morgan fingerprint density at radius 3 is 2.46 bits per heavy atom. The topological polar surface area (TPSA) is 111 Å². The highest BCUT2D eigenvalue weighted by atomic mass is 32.2. The number of hydrogen-bond acceptors (Lipinski definition) is 7. The molecule has 3 rings (SSSR count). The first kappa shape index (κ1) is 16.6. The second-order valence-electron chi connectivity index (χ2n) is 5.96. The summed E-state index contributed by atoms with van der Waals surface area (Å²) in [5.74, 6) is 0.312. The molecule has 0 radical (unpaired) electrons. The first-order valence-corrected chi connectivity index (χ1v) is 9.17. The minimum Gasteiger partial charge on any atom is -0.361 e. The molecule has 1 amide bonds. The Hall–Kier alpha value is -2.23. The predicted molar refractivity (Wildman–Crippen MR) is 83.1 cm³/mol. The number of hydrogen-bond donors (Lipinski definition) is 0. The summed E-state index contributed by atoms with van der Waals surface area (Å²) < 4.78 is 31.7. The van der Waals surface area contributed by atoms with Crippen molar-refractivity contribution in [1.82, 2.24) is 24.8 Å². The minimum atomic E-state index is -3.55. The van der Waals surface area contributed by atoms with E-state index in [1.165, 1.54) is 10.9 Å². The molecule has 9 nitrogen and oxygen atoms in total. The van der Waals surface area contributed by atoms with Crippen molar-refractivity contribution in [2.45, 2.75) is 37.1 Å². The summed E-state index contributed by atoms with van der Waals surface area (Å²) in [7, 11) is -1.95. The number of piperidine rings is 1. The minimum absolute atomic E-state index is 0.0296. The van der Waals surface area contributed by atoms with E-state index in [9.17, 15) is 13.2 Å². The van der Waals surface area contributed by atoms with Gasteiger partial charge in [-0.15, -0.1) is 10.2 Å². The van der Waals surface area contributed by atoms with Gasteiger partial charge in [0.05, 0.1) is 10.9 Å². The fourth-order valence-electron chi connectivity index (χ4n) is 2.99. The van der Waals surface area contributed by atoms with E-state index >= 15 is 0 Å². The summed E-state index contributed by atoms with van der Waals surface area (Å²) in [6.45, 7) is 4.14. The first-order valence-electron chi connectivity index (χ1n) is 7.62. The van der Waals surface area contributed by atoms with Crippen LogP contribution in [0.4, 0.5) is 0 Å². The van der Waals surface area contributed by atoms with Crippen LogP contribution in [0, 0.1) is 13.8 Å². The second-order valence-corrected chi connectivity index (χ2v) is 8.08. The van der Waals surface area contributed by atoms with Crippen LogP contribution in [-0.2, 0) is 16.9 Å². The number of likely N-dealkylation sites (tertiary alicyclic amines) is 1. The van der Waals surface area contributed by atoms with Crippen LogP contribution in [0.15, 0.2) is 16.0 Å². The molecule has 0 aromatic carbocycles. The van der Waals surface area contributed by atoms with Gasteiger partial charge >= 0.3 is 0 Å². The summed E-state index contributed by atoms with van der Waals surface area (Å²) >= 11 is 0. The zero-order valence-electron chi connectivity index (χ0n) is 13.8. The Kier molecular flexibility index (Phi) is 4.16. The monoisotopic (exact) mass is 353 g/mol. The van der Waals surface area contributed by atoms with Crippen LogP contribution in [0.25, 0.3) is 0 Å². The third kappa shape index (κ3) is 2.70. The van der Waals surface area contributed by atoms with Gasteiger partial charge in [0.25, 0.3) is 5.91 Å². The molecule has 2 aromatic heterocycles. The zero-order valence-corrected chi connectivity index (χ0v) is 14.6. The van der Waals surface area contributed by atoms with Gasteiger partial charge < -0.3 is 14.0 Å². The van der Waals surface area contributed by atoms with Gasteiger partial charge in [-0.2, -0.15) is 0 Å². The maximum absolute atomic E-state index is 12.6. The van der Waals surface area contributed by atoms with Crippen molar-refractivity contribution in [1.29, 1.82) is 0 Å². The van der Waals surface area contributed by atoms with E-state index in [4.69, 9.17) is 4.52 Å². The molecule has 0 spiro atoms. The molecule has 0 N–H and O–H groups in total. The van der Waals surface area contributed by atoms with Gasteiger partial charge in [-0.1, -0.05) is 5.16 Å². The Morgan fingerprint density at radius 1 is 1.29 bits per heavy atom. The van der Waals surface area contributed by atoms with Gasteiger partial charge in [-0.05, 0) is 26.7 Å². The number of sulfone groups is 1. The lowest BCUT2D eigenvalue weighted by atomic mass is 10.1. The van der Waals surface area contributed by atoms with Crippen LogP contribution in [0.2, 0.25) is 0 Å². The molecule has 130 valence electrons. The number of carbonyl (C=O) groups is 1. The SMILES string of the molecule is Cc1noc(C)c1C(=O)N1CCC(S(=O)(=O)c2nncn2C)CC1. The Bertz CT molecular complexity index is 842. The molecule has 10 heteroatoms. The second kappa shape index (κ2) is 6.00. The van der Waals surface area contributed by atoms with Crippen LogP contribution in [-0.4, -0.2) is 57.5 Å². The Morgan fingerprint density at radius 2 is 1.96 bits per heavy atom. The summed E-state index contributed by atoms with van der Waals surface area (Å²) in [6, 6.07) is 0. The van der Waals surface area contributed by atoms with E-state index in [2.05, 4.69) is 15.4 Å². The molecule has 1 aliphatic heterocycles. The molecule has 0 saturated carbocycles. The maximum atomic E-state index is 12.6. The standard InChI is InChI=1S/C14H19N5O4S/c1-9-12(10(2)23-17-9)13(20)19-6-4-11(5-7-19)24(21,22)14-16-15-8-18(14)3/h8,11H,4-7H2,1-3H3. The highest BCUT2D eigenvalue weighted by Crippen LogP contribution is 2.25. The Balaban J connectivity index is 1.72. The van der Waals surface area contributed by atoms with Gasteiger partial charge in [0.1, 0.15) is 17.7 Å².